The van der Waals surface area contributed by atoms with E-state index in [2.05, 4.69) is 6.92 Å². The number of nitrogens with two attached hydrogens (primary N) is 1. The van der Waals surface area contributed by atoms with Crippen molar-refractivity contribution in [2.45, 2.75) is 26.4 Å². The molecule has 0 spiro atoms. The monoisotopic (exact) mass is 199 g/mol. The Bertz CT molecular complexity index is 241. The number of aliphatic hydroxyl groups is 1. The highest BCUT2D eigenvalue weighted by Gasteiger charge is 2.30. The van der Waals surface area contributed by atoms with Gasteiger partial charge in [-0.25, -0.2) is 0 Å². The molecule has 3 N–H and O–H groups in total. The first-order valence-corrected chi connectivity index (χ1v) is 5.48. The maximum atomic E-state index is 10.1. The average molecular weight is 199 g/mol. The van der Waals surface area contributed by atoms with Crippen LogP contribution in [-0.4, -0.2) is 11.7 Å². The first-order chi connectivity index (χ1) is 6.14. The molecule has 74 valence electrons. The Morgan fingerprint density at radius 1 is 1.69 bits per heavy atom. The van der Waals surface area contributed by atoms with Crippen LogP contribution in [0.3, 0.4) is 0 Å². The summed E-state index contributed by atoms with van der Waals surface area (Å²) in [6.07, 6.45) is 0.453. The van der Waals surface area contributed by atoms with Crippen LogP contribution in [-0.2, 0) is 0 Å². The van der Waals surface area contributed by atoms with Crippen molar-refractivity contribution in [2.75, 3.05) is 6.54 Å². The predicted octanol–water partition coefficient (Wildman–Crippen LogP) is 2.16. The Labute approximate surface area is 83.4 Å². The van der Waals surface area contributed by atoms with Crippen molar-refractivity contribution in [3.63, 3.8) is 0 Å². The quantitative estimate of drug-likeness (QED) is 0.780. The second kappa shape index (κ2) is 4.22. The summed E-state index contributed by atoms with van der Waals surface area (Å²) in [7, 11) is 0. The standard InChI is InChI=1S/C10H17NOS/c1-3-10(2,7-11)9(12)8-4-5-13-6-8/h4-6,9,12H,3,7,11H2,1-2H3. The summed E-state index contributed by atoms with van der Waals surface area (Å²) in [6.45, 7) is 4.60. The van der Waals surface area contributed by atoms with E-state index >= 15 is 0 Å². The molecule has 0 fully saturated rings. The minimum absolute atomic E-state index is 0.193. The highest BCUT2D eigenvalue weighted by atomic mass is 32.1. The zero-order valence-electron chi connectivity index (χ0n) is 8.16. The van der Waals surface area contributed by atoms with Gasteiger partial charge in [0.05, 0.1) is 6.10 Å². The molecular weight excluding hydrogens is 182 g/mol. The van der Waals surface area contributed by atoms with Gasteiger partial charge in [-0.15, -0.1) is 0 Å². The largest absolute Gasteiger partial charge is 0.388 e. The van der Waals surface area contributed by atoms with E-state index in [-0.39, 0.29) is 5.41 Å². The molecule has 0 aliphatic carbocycles. The maximum absolute atomic E-state index is 10.1. The van der Waals surface area contributed by atoms with Crippen LogP contribution in [0.15, 0.2) is 16.8 Å². The molecule has 1 aromatic rings. The van der Waals surface area contributed by atoms with Crippen LogP contribution in [0.4, 0.5) is 0 Å². The van der Waals surface area contributed by atoms with Crippen molar-refractivity contribution >= 4 is 11.3 Å². The molecule has 1 rings (SSSR count). The van der Waals surface area contributed by atoms with E-state index < -0.39 is 6.10 Å². The third-order valence-electron chi connectivity index (χ3n) is 2.79. The summed E-state index contributed by atoms with van der Waals surface area (Å²) in [5.74, 6) is 0. The number of thiophene rings is 1. The molecule has 0 saturated heterocycles. The highest BCUT2D eigenvalue weighted by molar-refractivity contribution is 7.07. The fourth-order valence-corrected chi connectivity index (χ4v) is 1.96. The van der Waals surface area contributed by atoms with Crippen molar-refractivity contribution < 1.29 is 5.11 Å². The lowest BCUT2D eigenvalue weighted by Gasteiger charge is -2.31. The van der Waals surface area contributed by atoms with Crippen molar-refractivity contribution in [3.8, 4) is 0 Å². The van der Waals surface area contributed by atoms with Crippen LogP contribution in [0.1, 0.15) is 31.9 Å². The van der Waals surface area contributed by atoms with Gasteiger partial charge in [0.2, 0.25) is 0 Å². The van der Waals surface area contributed by atoms with Crippen molar-refractivity contribution in [2.24, 2.45) is 11.1 Å². The molecule has 0 saturated carbocycles. The van der Waals surface area contributed by atoms with Crippen LogP contribution >= 0.6 is 11.3 Å². The fraction of sp³-hybridized carbons (Fsp3) is 0.600. The van der Waals surface area contributed by atoms with E-state index in [0.29, 0.717) is 6.54 Å². The molecule has 13 heavy (non-hydrogen) atoms. The Kier molecular flexibility index (Phi) is 3.47. The Hall–Kier alpha value is -0.380. The molecule has 1 aromatic heterocycles. The van der Waals surface area contributed by atoms with E-state index in [4.69, 9.17) is 5.73 Å². The summed E-state index contributed by atoms with van der Waals surface area (Å²) >= 11 is 1.60. The molecule has 0 aliphatic heterocycles. The van der Waals surface area contributed by atoms with Gasteiger partial charge in [0.15, 0.2) is 0 Å². The third-order valence-corrected chi connectivity index (χ3v) is 3.49. The molecule has 0 radical (unpaired) electrons. The number of aliphatic hydroxyl groups excluding tert-OH is 1. The molecule has 1 heterocycles. The summed E-state index contributed by atoms with van der Waals surface area (Å²) in [5.41, 5.74) is 6.46. The zero-order valence-corrected chi connectivity index (χ0v) is 8.97. The van der Waals surface area contributed by atoms with Gasteiger partial charge in [0, 0.05) is 12.0 Å². The van der Waals surface area contributed by atoms with Gasteiger partial charge >= 0.3 is 0 Å². The third kappa shape index (κ3) is 2.10. The molecule has 2 nitrogen and oxygen atoms in total. The maximum Gasteiger partial charge on any atom is 0.0863 e. The van der Waals surface area contributed by atoms with E-state index in [9.17, 15) is 5.11 Å². The second-order valence-corrected chi connectivity index (χ2v) is 4.45. The second-order valence-electron chi connectivity index (χ2n) is 3.67. The van der Waals surface area contributed by atoms with Gasteiger partial charge in [-0.1, -0.05) is 13.8 Å². The first-order valence-electron chi connectivity index (χ1n) is 4.54. The van der Waals surface area contributed by atoms with Crippen LogP contribution < -0.4 is 5.73 Å². The van der Waals surface area contributed by atoms with Crippen molar-refractivity contribution in [1.29, 1.82) is 0 Å². The summed E-state index contributed by atoms with van der Waals surface area (Å²) in [6, 6.07) is 1.96. The topological polar surface area (TPSA) is 46.2 Å². The van der Waals surface area contributed by atoms with Gasteiger partial charge < -0.3 is 10.8 Å². The Balaban J connectivity index is 2.82. The molecule has 0 aromatic carbocycles. The minimum Gasteiger partial charge on any atom is -0.388 e. The molecule has 0 aliphatic rings. The van der Waals surface area contributed by atoms with E-state index in [1.54, 1.807) is 11.3 Å². The summed E-state index contributed by atoms with van der Waals surface area (Å²) in [5, 5.41) is 14.0. The van der Waals surface area contributed by atoms with Crippen LogP contribution in [0.2, 0.25) is 0 Å². The normalized spacial score (nSPS) is 18.2. The van der Waals surface area contributed by atoms with Crippen molar-refractivity contribution in [3.05, 3.63) is 22.4 Å². The zero-order chi connectivity index (χ0) is 9.90. The first kappa shape index (κ1) is 10.7. The molecule has 2 unspecified atom stereocenters. The smallest absolute Gasteiger partial charge is 0.0863 e. The van der Waals surface area contributed by atoms with Crippen LogP contribution in [0.5, 0.6) is 0 Å². The number of hydrogen-bond acceptors (Lipinski definition) is 3. The number of hydrogen-bond donors (Lipinski definition) is 2. The Morgan fingerprint density at radius 3 is 2.77 bits per heavy atom. The van der Waals surface area contributed by atoms with Gasteiger partial charge in [-0.3, -0.25) is 0 Å². The van der Waals surface area contributed by atoms with Gasteiger partial charge in [0.25, 0.3) is 0 Å². The Morgan fingerprint density at radius 2 is 2.38 bits per heavy atom. The number of rotatable bonds is 4. The lowest BCUT2D eigenvalue weighted by atomic mass is 9.79. The van der Waals surface area contributed by atoms with E-state index in [0.717, 1.165) is 12.0 Å². The lowest BCUT2D eigenvalue weighted by Crippen LogP contribution is -2.33. The van der Waals surface area contributed by atoms with Crippen LogP contribution in [0.25, 0.3) is 0 Å². The van der Waals surface area contributed by atoms with Gasteiger partial charge in [0.1, 0.15) is 0 Å². The SMILES string of the molecule is CCC(C)(CN)C(O)c1ccsc1. The fourth-order valence-electron chi connectivity index (χ4n) is 1.28. The average Bonchev–Trinajstić information content (AvgIpc) is 2.68. The molecule has 0 bridgehead atoms. The predicted molar refractivity (Wildman–Crippen MR) is 56.7 cm³/mol. The van der Waals surface area contributed by atoms with E-state index in [1.807, 2.05) is 23.8 Å². The van der Waals surface area contributed by atoms with Crippen LogP contribution in [0, 0.1) is 5.41 Å². The van der Waals surface area contributed by atoms with E-state index in [1.165, 1.54) is 0 Å². The highest BCUT2D eigenvalue weighted by Crippen LogP contribution is 2.36. The molecule has 0 amide bonds. The molecular formula is C10H17NOS. The molecule has 3 heteroatoms. The summed E-state index contributed by atoms with van der Waals surface area (Å²) < 4.78 is 0. The van der Waals surface area contributed by atoms with Gasteiger partial charge in [-0.2, -0.15) is 11.3 Å². The molecule has 2 atom stereocenters. The minimum atomic E-state index is -0.436. The lowest BCUT2D eigenvalue weighted by molar-refractivity contribution is 0.0395. The van der Waals surface area contributed by atoms with Crippen molar-refractivity contribution in [1.82, 2.24) is 0 Å². The van der Waals surface area contributed by atoms with Gasteiger partial charge in [-0.05, 0) is 28.8 Å². The summed E-state index contributed by atoms with van der Waals surface area (Å²) in [4.78, 5) is 0.